The molecule has 0 aliphatic carbocycles. The Balaban J connectivity index is 5.13. The molecule has 0 heterocycles. The van der Waals surface area contributed by atoms with Crippen molar-refractivity contribution in [1.29, 1.82) is 0 Å². The summed E-state index contributed by atoms with van der Waals surface area (Å²) >= 11 is 0. The minimum atomic E-state index is -4.95. The molecule has 516 valence electrons. The number of aliphatic hydroxyl groups is 1. The van der Waals surface area contributed by atoms with Crippen LogP contribution in [0.5, 0.6) is 0 Å². The van der Waals surface area contributed by atoms with Gasteiger partial charge in [-0.3, -0.25) is 37.3 Å². The van der Waals surface area contributed by atoms with Crippen molar-refractivity contribution in [3.05, 3.63) is 0 Å². The third-order valence-corrected chi connectivity index (χ3v) is 17.7. The maximum atomic E-state index is 13.0. The minimum absolute atomic E-state index is 0.106. The lowest BCUT2D eigenvalue weighted by atomic mass is 10.0. The van der Waals surface area contributed by atoms with E-state index in [1.54, 1.807) is 0 Å². The molecule has 0 saturated carbocycles. The van der Waals surface area contributed by atoms with Gasteiger partial charge in [0.2, 0.25) is 0 Å². The molecule has 0 aromatic carbocycles. The average Bonchev–Trinajstić information content (AvgIpc) is 3.71. The third-order valence-electron chi connectivity index (χ3n) is 15.8. The third kappa shape index (κ3) is 62.6. The topological polar surface area (TPSA) is 237 Å². The van der Waals surface area contributed by atoms with Gasteiger partial charge >= 0.3 is 39.5 Å². The van der Waals surface area contributed by atoms with Gasteiger partial charge in [-0.15, -0.1) is 0 Å². The quantitative estimate of drug-likeness (QED) is 0.0222. The second-order valence-electron chi connectivity index (χ2n) is 25.0. The molecule has 0 aromatic heterocycles. The molecule has 3 N–H and O–H groups in total. The van der Waals surface area contributed by atoms with Crippen molar-refractivity contribution in [3.8, 4) is 0 Å². The summed E-state index contributed by atoms with van der Waals surface area (Å²) in [4.78, 5) is 72.2. The van der Waals surface area contributed by atoms with Crippen LogP contribution in [0.3, 0.4) is 0 Å². The van der Waals surface area contributed by atoms with E-state index in [0.29, 0.717) is 31.6 Å². The molecule has 0 aliphatic rings. The summed E-state index contributed by atoms with van der Waals surface area (Å²) in [5.41, 5.74) is 0. The molecule has 0 aromatic rings. The molecule has 0 rings (SSSR count). The Kier molecular flexibility index (Phi) is 60.2. The van der Waals surface area contributed by atoms with Gasteiger partial charge < -0.3 is 33.8 Å². The van der Waals surface area contributed by atoms with Crippen LogP contribution in [-0.2, 0) is 65.4 Å². The molecule has 19 heteroatoms. The van der Waals surface area contributed by atoms with Crippen molar-refractivity contribution in [2.24, 2.45) is 5.92 Å². The summed E-state index contributed by atoms with van der Waals surface area (Å²) in [5, 5.41) is 10.5. The van der Waals surface area contributed by atoms with Gasteiger partial charge in [-0.25, -0.2) is 9.13 Å². The molecule has 0 spiro atoms. The number of hydrogen-bond acceptors (Lipinski definition) is 15. The van der Waals surface area contributed by atoms with E-state index in [1.807, 2.05) is 0 Å². The van der Waals surface area contributed by atoms with Crippen LogP contribution in [0.2, 0.25) is 0 Å². The van der Waals surface area contributed by atoms with E-state index in [9.17, 15) is 43.2 Å². The first-order valence-electron chi connectivity index (χ1n) is 35.6. The van der Waals surface area contributed by atoms with E-state index in [-0.39, 0.29) is 25.7 Å². The highest BCUT2D eigenvalue weighted by atomic mass is 31.2. The Morgan fingerprint density at radius 3 is 0.782 bits per heavy atom. The van der Waals surface area contributed by atoms with Crippen molar-refractivity contribution >= 4 is 39.5 Å². The zero-order valence-electron chi connectivity index (χ0n) is 56.2. The molecule has 0 amide bonds. The summed E-state index contributed by atoms with van der Waals surface area (Å²) < 4.78 is 68.0. The molecule has 0 radical (unpaired) electrons. The standard InChI is InChI=1S/C68H132O17P2/c1-6-9-12-15-18-21-22-23-24-25-26-27-28-29-30-31-33-38-44-49-54-68(73)85-64(58-79-66(71)52-47-42-39-34-35-40-45-50-61(4)5)60-83-87(76,77)81-56-62(69)55-80-86(74,75)82-59-63(57-78-65(70)51-46-41-36-20-17-14-11-8-3)84-67(72)53-48-43-37-32-19-16-13-10-7-2/h61-64,69H,6-60H2,1-5H3,(H,74,75)(H,76,77)/t62-,63+,64+/m0/s1. The fraction of sp³-hybridized carbons (Fsp3) is 0.941. The summed E-state index contributed by atoms with van der Waals surface area (Å²) in [6.07, 6.45) is 47.5. The van der Waals surface area contributed by atoms with Gasteiger partial charge in [0.15, 0.2) is 12.2 Å². The lowest BCUT2D eigenvalue weighted by Crippen LogP contribution is -2.30. The van der Waals surface area contributed by atoms with E-state index in [1.165, 1.54) is 161 Å². The Hall–Kier alpha value is -1.94. The van der Waals surface area contributed by atoms with Crippen molar-refractivity contribution in [2.45, 2.75) is 368 Å². The molecule has 0 fully saturated rings. The van der Waals surface area contributed by atoms with Gasteiger partial charge in [0, 0.05) is 25.7 Å². The van der Waals surface area contributed by atoms with Crippen molar-refractivity contribution < 1.29 is 80.2 Å². The first-order valence-corrected chi connectivity index (χ1v) is 38.6. The molecule has 0 saturated heterocycles. The second-order valence-corrected chi connectivity index (χ2v) is 27.9. The smallest absolute Gasteiger partial charge is 0.462 e. The zero-order chi connectivity index (χ0) is 64.2. The molecule has 87 heavy (non-hydrogen) atoms. The first-order chi connectivity index (χ1) is 42.0. The van der Waals surface area contributed by atoms with Crippen molar-refractivity contribution in [2.75, 3.05) is 39.6 Å². The molecular formula is C68H132O17P2. The van der Waals surface area contributed by atoms with Gasteiger partial charge in [-0.2, -0.15) is 0 Å². The monoisotopic (exact) mass is 1280 g/mol. The van der Waals surface area contributed by atoms with Crippen LogP contribution < -0.4 is 0 Å². The van der Waals surface area contributed by atoms with Gasteiger partial charge in [0.05, 0.1) is 26.4 Å². The number of unbranched alkanes of at least 4 members (excludes halogenated alkanes) is 40. The second kappa shape index (κ2) is 61.6. The molecule has 5 atom stereocenters. The Morgan fingerprint density at radius 2 is 0.529 bits per heavy atom. The summed E-state index contributed by atoms with van der Waals surface area (Å²) in [5.74, 6) is -1.43. The number of aliphatic hydroxyl groups excluding tert-OH is 1. The lowest BCUT2D eigenvalue weighted by Gasteiger charge is -2.21. The number of carbonyl (C=O) groups is 4. The number of phosphoric ester groups is 2. The van der Waals surface area contributed by atoms with Crippen LogP contribution in [-0.4, -0.2) is 96.7 Å². The minimum Gasteiger partial charge on any atom is -0.462 e. The normalized spacial score (nSPS) is 14.1. The SMILES string of the molecule is CCCCCCCCCCCCCCCCCCCCCCC(=O)O[C@H](COC(=O)CCCCCCCCCC(C)C)COP(=O)(O)OC[C@@H](O)COP(=O)(O)OC[C@@H](COC(=O)CCCCCCCCCC)OC(=O)CCCCCCCCCCC. The molecule has 17 nitrogen and oxygen atoms in total. The van der Waals surface area contributed by atoms with E-state index in [2.05, 4.69) is 34.6 Å². The van der Waals surface area contributed by atoms with Gasteiger partial charge in [0.25, 0.3) is 0 Å². The van der Waals surface area contributed by atoms with E-state index >= 15 is 0 Å². The summed E-state index contributed by atoms with van der Waals surface area (Å²) in [6.45, 7) is 7.13. The van der Waals surface area contributed by atoms with Gasteiger partial charge in [0.1, 0.15) is 19.3 Å². The Labute approximate surface area is 530 Å². The maximum absolute atomic E-state index is 13.0. The van der Waals surface area contributed by atoms with Gasteiger partial charge in [-0.05, 0) is 31.6 Å². The van der Waals surface area contributed by atoms with Crippen LogP contribution in [0.15, 0.2) is 0 Å². The van der Waals surface area contributed by atoms with Crippen LogP contribution >= 0.6 is 15.6 Å². The molecular weight excluding hydrogens is 1150 g/mol. The van der Waals surface area contributed by atoms with Gasteiger partial charge in [-0.1, -0.05) is 298 Å². The maximum Gasteiger partial charge on any atom is 0.472 e. The fourth-order valence-corrected chi connectivity index (χ4v) is 11.9. The van der Waals surface area contributed by atoms with E-state index in [4.69, 9.17) is 37.0 Å². The van der Waals surface area contributed by atoms with Crippen LogP contribution in [0, 0.1) is 5.92 Å². The van der Waals surface area contributed by atoms with E-state index < -0.39 is 97.5 Å². The summed E-state index contributed by atoms with van der Waals surface area (Å²) in [6, 6.07) is 0. The predicted molar refractivity (Wildman–Crippen MR) is 349 cm³/mol. The predicted octanol–water partition coefficient (Wildman–Crippen LogP) is 19.4. The molecule has 2 unspecified atom stereocenters. The lowest BCUT2D eigenvalue weighted by molar-refractivity contribution is -0.161. The molecule has 0 bridgehead atoms. The highest BCUT2D eigenvalue weighted by Gasteiger charge is 2.30. The number of hydrogen-bond donors (Lipinski definition) is 3. The largest absolute Gasteiger partial charge is 0.472 e. The Morgan fingerprint density at radius 1 is 0.310 bits per heavy atom. The number of esters is 4. The van der Waals surface area contributed by atoms with Crippen LogP contribution in [0.25, 0.3) is 0 Å². The summed E-state index contributed by atoms with van der Waals surface area (Å²) in [7, 11) is -9.89. The Bertz CT molecular complexity index is 1690. The van der Waals surface area contributed by atoms with Crippen molar-refractivity contribution in [3.63, 3.8) is 0 Å². The average molecular weight is 1280 g/mol. The van der Waals surface area contributed by atoms with Crippen LogP contribution in [0.1, 0.15) is 349 Å². The van der Waals surface area contributed by atoms with E-state index in [0.717, 1.165) is 103 Å². The highest BCUT2D eigenvalue weighted by Crippen LogP contribution is 2.45. The fourth-order valence-electron chi connectivity index (χ4n) is 10.3. The first kappa shape index (κ1) is 85.1. The number of carbonyl (C=O) groups excluding carboxylic acids is 4. The molecule has 0 aliphatic heterocycles. The zero-order valence-corrected chi connectivity index (χ0v) is 57.9. The van der Waals surface area contributed by atoms with Crippen molar-refractivity contribution in [1.82, 2.24) is 0 Å². The number of ether oxygens (including phenoxy) is 4. The number of rotatable bonds is 68. The van der Waals surface area contributed by atoms with Crippen LogP contribution in [0.4, 0.5) is 0 Å². The number of phosphoric acid groups is 2. The highest BCUT2D eigenvalue weighted by molar-refractivity contribution is 7.47.